The van der Waals surface area contributed by atoms with Gasteiger partial charge in [-0.1, -0.05) is 6.92 Å². The molecule has 0 radical (unpaired) electrons. The van der Waals surface area contributed by atoms with Gasteiger partial charge in [0.15, 0.2) is 5.11 Å². The van der Waals surface area contributed by atoms with E-state index in [4.69, 9.17) is 12.2 Å². The van der Waals surface area contributed by atoms with Crippen molar-refractivity contribution in [3.63, 3.8) is 0 Å². The Morgan fingerprint density at radius 1 is 1.20 bits per heavy atom. The van der Waals surface area contributed by atoms with E-state index in [1.807, 2.05) is 0 Å². The molecule has 0 spiro atoms. The Kier molecular flexibility index (Phi) is 8.71. The molecule has 0 aliphatic carbocycles. The summed E-state index contributed by atoms with van der Waals surface area (Å²) in [5.41, 5.74) is 0. The van der Waals surface area contributed by atoms with E-state index in [1.165, 1.54) is 0 Å². The first-order valence-corrected chi connectivity index (χ1v) is 6.20. The molecular formula is C11H25N3S. The maximum Gasteiger partial charge on any atom is 0.168 e. The molecule has 0 rings (SSSR count). The molecule has 0 unspecified atom stereocenters. The first kappa shape index (κ1) is 14.6. The summed E-state index contributed by atoms with van der Waals surface area (Å²) in [6.07, 6.45) is 2.28. The fourth-order valence-electron chi connectivity index (χ4n) is 1.32. The van der Waals surface area contributed by atoms with Crippen molar-refractivity contribution >= 4 is 17.3 Å². The quantitative estimate of drug-likeness (QED) is 0.670. The Labute approximate surface area is 99.8 Å². The Hall–Kier alpha value is -0.350. The summed E-state index contributed by atoms with van der Waals surface area (Å²) in [7, 11) is 4.20. The first-order chi connectivity index (χ1) is 7.11. The summed E-state index contributed by atoms with van der Waals surface area (Å²) in [6, 6.07) is 0. The Morgan fingerprint density at radius 2 is 1.87 bits per heavy atom. The van der Waals surface area contributed by atoms with E-state index >= 15 is 0 Å². The van der Waals surface area contributed by atoms with Crippen LogP contribution in [0.4, 0.5) is 0 Å². The minimum Gasteiger partial charge on any atom is -0.363 e. The summed E-state index contributed by atoms with van der Waals surface area (Å²) in [5, 5.41) is 4.17. The average Bonchev–Trinajstić information content (AvgIpc) is 2.20. The smallest absolute Gasteiger partial charge is 0.168 e. The van der Waals surface area contributed by atoms with E-state index in [9.17, 15) is 0 Å². The molecule has 0 aliphatic heterocycles. The maximum atomic E-state index is 5.32. The molecule has 0 aromatic rings. The summed E-state index contributed by atoms with van der Waals surface area (Å²) in [5.74, 6) is 0. The van der Waals surface area contributed by atoms with Crippen molar-refractivity contribution in [3.05, 3.63) is 0 Å². The Balaban J connectivity index is 3.75. The molecule has 3 nitrogen and oxygen atoms in total. The third-order valence-electron chi connectivity index (χ3n) is 2.23. The van der Waals surface area contributed by atoms with Crippen LogP contribution in [0.25, 0.3) is 0 Å². The molecule has 0 aromatic carbocycles. The van der Waals surface area contributed by atoms with E-state index in [0.717, 1.165) is 44.1 Å². The lowest BCUT2D eigenvalue weighted by atomic mass is 10.3. The van der Waals surface area contributed by atoms with Crippen molar-refractivity contribution < 1.29 is 0 Å². The van der Waals surface area contributed by atoms with E-state index in [2.05, 4.69) is 43.1 Å². The molecule has 0 fully saturated rings. The van der Waals surface area contributed by atoms with Gasteiger partial charge in [0.05, 0.1) is 0 Å². The number of nitrogens with zero attached hydrogens (tertiary/aromatic N) is 2. The second-order valence-electron chi connectivity index (χ2n) is 3.97. The highest BCUT2D eigenvalue weighted by Gasteiger charge is 2.05. The van der Waals surface area contributed by atoms with E-state index in [0.29, 0.717) is 0 Å². The summed E-state index contributed by atoms with van der Waals surface area (Å²) >= 11 is 5.32. The van der Waals surface area contributed by atoms with Crippen molar-refractivity contribution in [2.75, 3.05) is 40.3 Å². The van der Waals surface area contributed by atoms with Crippen LogP contribution in [0.1, 0.15) is 26.7 Å². The first-order valence-electron chi connectivity index (χ1n) is 5.79. The lowest BCUT2D eigenvalue weighted by Crippen LogP contribution is -2.41. The summed E-state index contributed by atoms with van der Waals surface area (Å²) in [4.78, 5) is 4.44. The van der Waals surface area contributed by atoms with Crippen LogP contribution in [0.3, 0.4) is 0 Å². The zero-order chi connectivity index (χ0) is 11.7. The van der Waals surface area contributed by atoms with Gasteiger partial charge in [-0.15, -0.1) is 0 Å². The number of thiocarbonyl (C=S) groups is 1. The number of rotatable bonds is 7. The molecule has 90 valence electrons. The van der Waals surface area contributed by atoms with Gasteiger partial charge >= 0.3 is 0 Å². The van der Waals surface area contributed by atoms with Crippen LogP contribution < -0.4 is 5.32 Å². The molecular weight excluding hydrogens is 206 g/mol. The number of hydrogen-bond donors (Lipinski definition) is 1. The minimum atomic E-state index is 0.901. The molecule has 0 aromatic heterocycles. The van der Waals surface area contributed by atoms with Crippen molar-refractivity contribution in [1.29, 1.82) is 0 Å². The van der Waals surface area contributed by atoms with E-state index < -0.39 is 0 Å². The molecule has 1 N–H and O–H groups in total. The molecule has 0 saturated heterocycles. The lowest BCUT2D eigenvalue weighted by Gasteiger charge is -2.24. The van der Waals surface area contributed by atoms with E-state index in [-0.39, 0.29) is 0 Å². The molecule has 0 amide bonds. The minimum absolute atomic E-state index is 0.901. The Morgan fingerprint density at radius 3 is 2.33 bits per heavy atom. The molecule has 0 saturated carbocycles. The number of nitrogens with one attached hydrogen (secondary N) is 1. The van der Waals surface area contributed by atoms with Crippen LogP contribution in [0, 0.1) is 0 Å². The van der Waals surface area contributed by atoms with Gasteiger partial charge in [0, 0.05) is 19.6 Å². The fraction of sp³-hybridized carbons (Fsp3) is 0.909. The third-order valence-corrected chi connectivity index (χ3v) is 2.63. The SMILES string of the molecule is CCCNC(=S)N(CC)CCCN(C)C. The summed E-state index contributed by atoms with van der Waals surface area (Å²) < 4.78 is 0. The predicted molar refractivity (Wildman–Crippen MR) is 71.3 cm³/mol. The highest BCUT2D eigenvalue weighted by Crippen LogP contribution is 1.94. The average molecular weight is 231 g/mol. The highest BCUT2D eigenvalue weighted by atomic mass is 32.1. The highest BCUT2D eigenvalue weighted by molar-refractivity contribution is 7.80. The van der Waals surface area contributed by atoms with Gasteiger partial charge in [-0.25, -0.2) is 0 Å². The van der Waals surface area contributed by atoms with Crippen molar-refractivity contribution in [3.8, 4) is 0 Å². The van der Waals surface area contributed by atoms with Gasteiger partial charge in [0.2, 0.25) is 0 Å². The zero-order valence-corrected chi connectivity index (χ0v) is 11.4. The second kappa shape index (κ2) is 8.92. The van der Waals surface area contributed by atoms with Crippen LogP contribution in [0.5, 0.6) is 0 Å². The predicted octanol–water partition coefficient (Wildman–Crippen LogP) is 1.54. The van der Waals surface area contributed by atoms with Crippen molar-refractivity contribution in [2.24, 2.45) is 0 Å². The van der Waals surface area contributed by atoms with Gasteiger partial charge < -0.3 is 15.1 Å². The molecule has 0 heterocycles. The van der Waals surface area contributed by atoms with Gasteiger partial charge in [-0.3, -0.25) is 0 Å². The second-order valence-corrected chi connectivity index (χ2v) is 4.36. The summed E-state index contributed by atoms with van der Waals surface area (Å²) in [6.45, 7) is 8.43. The number of hydrogen-bond acceptors (Lipinski definition) is 2. The van der Waals surface area contributed by atoms with Crippen molar-refractivity contribution in [2.45, 2.75) is 26.7 Å². The maximum absolute atomic E-state index is 5.32. The van der Waals surface area contributed by atoms with Gasteiger partial charge in [0.1, 0.15) is 0 Å². The molecule has 0 bridgehead atoms. The van der Waals surface area contributed by atoms with Crippen LogP contribution in [0.15, 0.2) is 0 Å². The van der Waals surface area contributed by atoms with Crippen LogP contribution in [-0.4, -0.2) is 55.2 Å². The fourth-order valence-corrected chi connectivity index (χ4v) is 1.65. The zero-order valence-electron chi connectivity index (χ0n) is 10.5. The van der Waals surface area contributed by atoms with Gasteiger partial charge in [0.25, 0.3) is 0 Å². The topological polar surface area (TPSA) is 18.5 Å². The lowest BCUT2D eigenvalue weighted by molar-refractivity contribution is 0.352. The van der Waals surface area contributed by atoms with Crippen LogP contribution >= 0.6 is 12.2 Å². The third kappa shape index (κ3) is 7.56. The Bertz CT molecular complexity index is 171. The monoisotopic (exact) mass is 231 g/mol. The van der Waals surface area contributed by atoms with Gasteiger partial charge in [-0.2, -0.15) is 0 Å². The van der Waals surface area contributed by atoms with Crippen molar-refractivity contribution in [1.82, 2.24) is 15.1 Å². The van der Waals surface area contributed by atoms with Crippen LogP contribution in [-0.2, 0) is 0 Å². The molecule has 4 heteroatoms. The van der Waals surface area contributed by atoms with Gasteiger partial charge in [-0.05, 0) is 52.6 Å². The normalized spacial score (nSPS) is 10.5. The van der Waals surface area contributed by atoms with Crippen LogP contribution in [0.2, 0.25) is 0 Å². The molecule has 15 heavy (non-hydrogen) atoms. The molecule has 0 aliphatic rings. The largest absolute Gasteiger partial charge is 0.363 e. The standard InChI is InChI=1S/C11H25N3S/c1-5-8-12-11(15)14(6-2)10-7-9-13(3)4/h5-10H2,1-4H3,(H,12,15). The van der Waals surface area contributed by atoms with E-state index in [1.54, 1.807) is 0 Å². The molecule has 0 atom stereocenters.